The van der Waals surface area contributed by atoms with Crippen LogP contribution >= 0.6 is 11.3 Å². The summed E-state index contributed by atoms with van der Waals surface area (Å²) in [4.78, 5) is 19.0. The Balaban J connectivity index is 1.50. The minimum atomic E-state index is -1.22. The number of rotatable bonds is 5. The Kier molecular flexibility index (Phi) is 5.93. The number of nitrogens with two attached hydrogens (primary N) is 1. The van der Waals surface area contributed by atoms with E-state index in [9.17, 15) is 15.0 Å². The van der Waals surface area contributed by atoms with Crippen LogP contribution in [-0.4, -0.2) is 57.9 Å². The minimum Gasteiger partial charge on any atom is -0.534 e. The molecule has 0 aliphatic carbocycles. The number of thiazole rings is 1. The largest absolute Gasteiger partial charge is 0.547 e. The molecule has 11 heteroatoms. The van der Waals surface area contributed by atoms with Crippen molar-refractivity contribution in [2.24, 2.45) is 5.16 Å². The fourth-order valence-corrected chi connectivity index (χ4v) is 4.60. The Hall–Kier alpha value is -2.63. The first-order valence-corrected chi connectivity index (χ1v) is 10.8. The lowest BCUT2D eigenvalue weighted by Gasteiger charge is -2.30. The molecule has 1 aromatic carbocycles. The summed E-state index contributed by atoms with van der Waals surface area (Å²) in [6, 6.07) is 4.17. The fourth-order valence-electron chi connectivity index (χ4n) is 4.05. The maximum absolute atomic E-state index is 12.6. The Bertz CT molecular complexity index is 976. The molecule has 0 unspecified atom stereocenters. The van der Waals surface area contributed by atoms with Gasteiger partial charge in [0.2, 0.25) is 0 Å². The number of nitrogen functional groups attached to an aromatic ring is 1. The van der Waals surface area contributed by atoms with Crippen molar-refractivity contribution in [3.8, 4) is 5.75 Å². The zero-order valence-corrected chi connectivity index (χ0v) is 17.5. The van der Waals surface area contributed by atoms with E-state index in [0.717, 1.165) is 42.1 Å². The number of anilines is 1. The molecule has 30 heavy (non-hydrogen) atoms. The van der Waals surface area contributed by atoms with Crippen LogP contribution in [-0.2, 0) is 17.8 Å². The van der Waals surface area contributed by atoms with Gasteiger partial charge in [0.25, 0.3) is 5.91 Å². The predicted octanol–water partition coefficient (Wildman–Crippen LogP) is 0.947. The average molecular weight is 429 g/mol. The maximum Gasteiger partial charge on any atom is 0.547 e. The number of likely N-dealkylation sites (tertiary alicyclic amines) is 1. The Labute approximate surface area is 178 Å². The molecular formula is C19H24BN5O4S. The number of amides is 1. The molecule has 9 nitrogen and oxygen atoms in total. The van der Waals surface area contributed by atoms with Crippen LogP contribution in [0.5, 0.6) is 5.75 Å². The lowest BCUT2D eigenvalue weighted by atomic mass is 9.72. The second kappa shape index (κ2) is 8.62. The van der Waals surface area contributed by atoms with E-state index >= 15 is 0 Å². The highest BCUT2D eigenvalue weighted by molar-refractivity contribution is 7.13. The molecule has 1 aromatic heterocycles. The first-order chi connectivity index (χ1) is 14.4. The van der Waals surface area contributed by atoms with Gasteiger partial charge in [0, 0.05) is 11.9 Å². The third-order valence-corrected chi connectivity index (χ3v) is 6.11. The Morgan fingerprint density at radius 3 is 2.90 bits per heavy atom. The van der Waals surface area contributed by atoms with E-state index in [1.165, 1.54) is 23.8 Å². The number of carbonyl (C=O) groups is 1. The fraction of sp³-hybridized carbons (Fsp3) is 0.421. The molecule has 1 amide bonds. The summed E-state index contributed by atoms with van der Waals surface area (Å²) in [6.45, 7) is 5.05. The van der Waals surface area contributed by atoms with E-state index in [1.54, 1.807) is 0 Å². The summed E-state index contributed by atoms with van der Waals surface area (Å²) >= 11 is 1.14. The standard InChI is InChI=1S/C19H24BN5O4S/c1-11-6-12(9-25-4-2-3-5-25)7-13-8-15(20(27)29-17(11)13)23-18(26)16(24-28)14-10-30-19(21)22-14/h6-7,10,15,27-28H,2-5,8-9H2,1H3,(H2,21,22)(H,23,26)/b24-16-/t15-/m0/s1. The molecule has 158 valence electrons. The van der Waals surface area contributed by atoms with Crippen LogP contribution in [0.1, 0.15) is 35.2 Å². The van der Waals surface area contributed by atoms with Gasteiger partial charge in [0.15, 0.2) is 10.8 Å². The van der Waals surface area contributed by atoms with Gasteiger partial charge in [-0.2, -0.15) is 0 Å². The molecule has 5 N–H and O–H groups in total. The highest BCUT2D eigenvalue weighted by atomic mass is 32.1. The number of aromatic nitrogens is 1. The molecule has 0 spiro atoms. The summed E-state index contributed by atoms with van der Waals surface area (Å²) < 4.78 is 5.72. The monoisotopic (exact) mass is 429 g/mol. The van der Waals surface area contributed by atoms with Crippen molar-refractivity contribution >= 4 is 35.2 Å². The highest BCUT2D eigenvalue weighted by Gasteiger charge is 2.38. The summed E-state index contributed by atoms with van der Waals surface area (Å²) in [5.41, 5.74) is 8.58. The topological polar surface area (TPSA) is 133 Å². The zero-order valence-electron chi connectivity index (χ0n) is 16.7. The molecular weight excluding hydrogens is 405 g/mol. The van der Waals surface area contributed by atoms with Crippen molar-refractivity contribution in [3.05, 3.63) is 39.9 Å². The van der Waals surface area contributed by atoms with Crippen LogP contribution in [0.3, 0.4) is 0 Å². The predicted molar refractivity (Wildman–Crippen MR) is 115 cm³/mol. The molecule has 2 aromatic rings. The molecule has 0 bridgehead atoms. The maximum atomic E-state index is 12.6. The molecule has 4 rings (SSSR count). The summed E-state index contributed by atoms with van der Waals surface area (Å²) in [7, 11) is -1.22. The van der Waals surface area contributed by atoms with Gasteiger partial charge in [-0.25, -0.2) is 4.98 Å². The van der Waals surface area contributed by atoms with Gasteiger partial charge < -0.3 is 25.9 Å². The Morgan fingerprint density at radius 2 is 2.23 bits per heavy atom. The third-order valence-electron chi connectivity index (χ3n) is 5.43. The first-order valence-electron chi connectivity index (χ1n) is 9.88. The van der Waals surface area contributed by atoms with Crippen LogP contribution in [0.15, 0.2) is 22.7 Å². The second-order valence-corrected chi connectivity index (χ2v) is 8.59. The van der Waals surface area contributed by atoms with Crippen LogP contribution in [0.25, 0.3) is 0 Å². The number of aryl methyl sites for hydroxylation is 1. The molecule has 2 aliphatic heterocycles. The molecule has 0 radical (unpaired) electrons. The van der Waals surface area contributed by atoms with Gasteiger partial charge in [0.05, 0.1) is 5.94 Å². The number of hydrogen-bond acceptors (Lipinski definition) is 9. The average Bonchev–Trinajstić information content (AvgIpc) is 3.36. The molecule has 1 atom stereocenters. The molecule has 3 heterocycles. The SMILES string of the molecule is Cc1cc(CN2CCCC2)cc2c1OB(O)[C@@H](NC(=O)/C(=N\O)c1csc(N)n1)C2. The van der Waals surface area contributed by atoms with Gasteiger partial charge in [-0.1, -0.05) is 17.3 Å². The lowest BCUT2D eigenvalue weighted by Crippen LogP contribution is -2.54. The van der Waals surface area contributed by atoms with Crippen molar-refractivity contribution in [3.63, 3.8) is 0 Å². The van der Waals surface area contributed by atoms with Gasteiger partial charge in [-0.15, -0.1) is 11.3 Å². The van der Waals surface area contributed by atoms with Crippen LogP contribution in [0.4, 0.5) is 5.13 Å². The van der Waals surface area contributed by atoms with E-state index in [-0.39, 0.29) is 16.5 Å². The number of oxime groups is 1. The number of nitrogens with one attached hydrogen (secondary N) is 1. The van der Waals surface area contributed by atoms with Gasteiger partial charge in [-0.05, 0) is 56.0 Å². The smallest absolute Gasteiger partial charge is 0.534 e. The summed E-state index contributed by atoms with van der Waals surface area (Å²) in [5.74, 6) is -0.704. The summed E-state index contributed by atoms with van der Waals surface area (Å²) in [6.07, 6.45) is 2.86. The molecule has 1 fully saturated rings. The zero-order chi connectivity index (χ0) is 21.3. The number of hydrogen-bond donors (Lipinski definition) is 4. The first kappa shape index (κ1) is 20.6. The molecule has 0 saturated carbocycles. The lowest BCUT2D eigenvalue weighted by molar-refractivity contribution is -0.115. The summed E-state index contributed by atoms with van der Waals surface area (Å²) in [5, 5.41) is 27.2. The number of fused-ring (bicyclic) bond motifs is 1. The number of carbonyl (C=O) groups excluding carboxylic acids is 1. The van der Waals surface area contributed by atoms with E-state index in [0.29, 0.717) is 12.2 Å². The van der Waals surface area contributed by atoms with Gasteiger partial charge in [0.1, 0.15) is 11.4 Å². The third kappa shape index (κ3) is 4.28. The highest BCUT2D eigenvalue weighted by Crippen LogP contribution is 2.32. The van der Waals surface area contributed by atoms with E-state index in [4.69, 9.17) is 10.4 Å². The van der Waals surface area contributed by atoms with E-state index in [2.05, 4.69) is 32.5 Å². The van der Waals surface area contributed by atoms with Crippen LogP contribution in [0.2, 0.25) is 0 Å². The van der Waals surface area contributed by atoms with Crippen molar-refractivity contribution in [2.45, 2.75) is 38.7 Å². The van der Waals surface area contributed by atoms with Gasteiger partial charge in [-0.3, -0.25) is 9.69 Å². The molecule has 2 aliphatic rings. The quantitative estimate of drug-likeness (QED) is 0.241. The van der Waals surface area contributed by atoms with Crippen molar-refractivity contribution in [1.82, 2.24) is 15.2 Å². The second-order valence-electron chi connectivity index (χ2n) is 7.70. The number of benzene rings is 1. The van der Waals surface area contributed by atoms with E-state index < -0.39 is 19.0 Å². The van der Waals surface area contributed by atoms with Gasteiger partial charge >= 0.3 is 7.12 Å². The van der Waals surface area contributed by atoms with Crippen molar-refractivity contribution < 1.29 is 19.7 Å². The van der Waals surface area contributed by atoms with Crippen LogP contribution < -0.4 is 15.7 Å². The normalized spacial score (nSPS) is 19.5. The minimum absolute atomic E-state index is 0.174. The van der Waals surface area contributed by atoms with Crippen LogP contribution in [0, 0.1) is 6.92 Å². The van der Waals surface area contributed by atoms with E-state index in [1.807, 2.05) is 6.92 Å². The molecule has 1 saturated heterocycles. The number of nitrogens with zero attached hydrogens (tertiary/aromatic N) is 3. The van der Waals surface area contributed by atoms with Crippen molar-refractivity contribution in [1.29, 1.82) is 0 Å². The van der Waals surface area contributed by atoms with Crippen molar-refractivity contribution in [2.75, 3.05) is 18.8 Å². The Morgan fingerprint density at radius 1 is 1.47 bits per heavy atom.